The van der Waals surface area contributed by atoms with E-state index in [2.05, 4.69) is 4.98 Å². The minimum absolute atomic E-state index is 0.0183. The largest absolute Gasteiger partial charge is 0.504 e. The molecule has 5 rings (SSSR count). The number of esters is 1. The summed E-state index contributed by atoms with van der Waals surface area (Å²) in [6, 6.07) is 13.8. The molecule has 0 spiro atoms. The minimum Gasteiger partial charge on any atom is -0.504 e. The van der Waals surface area contributed by atoms with Crippen LogP contribution in [0.2, 0.25) is 0 Å². The summed E-state index contributed by atoms with van der Waals surface area (Å²) in [4.78, 5) is 29.1. The Labute approximate surface area is 169 Å². The van der Waals surface area contributed by atoms with Gasteiger partial charge in [-0.3, -0.25) is 14.6 Å². The summed E-state index contributed by atoms with van der Waals surface area (Å²) in [6.45, 7) is 0. The summed E-state index contributed by atoms with van der Waals surface area (Å²) in [6.07, 6.45) is 3.15. The third kappa shape index (κ3) is 2.71. The normalized spacial score (nSPS) is 15.6. The van der Waals surface area contributed by atoms with Gasteiger partial charge in [0, 0.05) is 29.9 Å². The molecule has 0 aliphatic carbocycles. The van der Waals surface area contributed by atoms with E-state index in [1.165, 1.54) is 6.07 Å². The first-order valence-electron chi connectivity index (χ1n) is 9.26. The fraction of sp³-hybridized carbons (Fsp3) is 0.0870. The Kier molecular flexibility index (Phi) is 4.03. The van der Waals surface area contributed by atoms with Gasteiger partial charge in [0.25, 0.3) is 0 Å². The summed E-state index contributed by atoms with van der Waals surface area (Å²) in [5.74, 6) is -2.37. The number of benzene rings is 2. The topological polar surface area (TPSA) is 110 Å². The number of aromatic hydroxyl groups is 2. The Hall–Kier alpha value is -4.13. The van der Waals surface area contributed by atoms with E-state index >= 15 is 0 Å². The molecule has 0 saturated heterocycles. The number of carbonyl (C=O) groups excluding carboxylic acids is 1. The van der Waals surface area contributed by atoms with Crippen LogP contribution >= 0.6 is 0 Å². The maximum atomic E-state index is 12.9. The lowest BCUT2D eigenvalue weighted by molar-refractivity contribution is -0.135. The number of fused-ring (bicyclic) bond motifs is 3. The summed E-state index contributed by atoms with van der Waals surface area (Å²) < 4.78 is 11.3. The fourth-order valence-electron chi connectivity index (χ4n) is 3.83. The lowest BCUT2D eigenvalue weighted by Gasteiger charge is -2.26. The van der Waals surface area contributed by atoms with Crippen molar-refractivity contribution in [3.63, 3.8) is 0 Å². The van der Waals surface area contributed by atoms with Crippen molar-refractivity contribution in [2.75, 3.05) is 0 Å². The van der Waals surface area contributed by atoms with E-state index < -0.39 is 28.8 Å². The van der Waals surface area contributed by atoms with Gasteiger partial charge in [-0.15, -0.1) is 0 Å². The Bertz CT molecular complexity index is 1350. The molecule has 1 unspecified atom stereocenters. The molecular formula is C23H15NO6. The number of hydrogen-bond donors (Lipinski definition) is 2. The quantitative estimate of drug-likeness (QED) is 0.299. The highest BCUT2D eigenvalue weighted by Gasteiger charge is 2.36. The van der Waals surface area contributed by atoms with E-state index in [1.807, 2.05) is 18.2 Å². The molecule has 0 amide bonds. The molecule has 2 aromatic heterocycles. The van der Waals surface area contributed by atoms with E-state index in [0.717, 1.165) is 5.56 Å². The molecule has 7 heteroatoms. The van der Waals surface area contributed by atoms with Gasteiger partial charge >= 0.3 is 5.97 Å². The van der Waals surface area contributed by atoms with E-state index in [0.29, 0.717) is 16.9 Å². The van der Waals surface area contributed by atoms with Gasteiger partial charge in [-0.1, -0.05) is 30.3 Å². The molecule has 30 heavy (non-hydrogen) atoms. The highest BCUT2D eigenvalue weighted by Crippen LogP contribution is 2.51. The monoisotopic (exact) mass is 401 g/mol. The second-order valence-electron chi connectivity index (χ2n) is 7.00. The van der Waals surface area contributed by atoms with E-state index in [1.54, 1.807) is 36.7 Å². The van der Waals surface area contributed by atoms with Crippen molar-refractivity contribution in [1.82, 2.24) is 4.98 Å². The molecule has 1 aliphatic rings. The lowest BCUT2D eigenvalue weighted by atomic mass is 9.85. The number of rotatable bonds is 2. The van der Waals surface area contributed by atoms with Crippen LogP contribution in [0.3, 0.4) is 0 Å². The maximum Gasteiger partial charge on any atom is 0.312 e. The van der Waals surface area contributed by atoms with E-state index in [4.69, 9.17) is 9.15 Å². The highest BCUT2D eigenvalue weighted by molar-refractivity contribution is 5.96. The predicted molar refractivity (Wildman–Crippen MR) is 108 cm³/mol. The third-order valence-electron chi connectivity index (χ3n) is 5.22. The van der Waals surface area contributed by atoms with Crippen LogP contribution in [0, 0.1) is 0 Å². The van der Waals surface area contributed by atoms with Gasteiger partial charge < -0.3 is 19.4 Å². The molecule has 7 nitrogen and oxygen atoms in total. The second kappa shape index (κ2) is 6.73. The number of ether oxygens (including phenoxy) is 1. The van der Waals surface area contributed by atoms with Gasteiger partial charge in [0.05, 0.1) is 12.0 Å². The summed E-state index contributed by atoms with van der Waals surface area (Å²) in [7, 11) is 0. The zero-order valence-electron chi connectivity index (χ0n) is 15.5. The molecule has 0 radical (unpaired) electrons. The van der Waals surface area contributed by atoms with Crippen LogP contribution in [0.5, 0.6) is 17.2 Å². The molecule has 148 valence electrons. The van der Waals surface area contributed by atoms with Crippen LogP contribution in [-0.2, 0) is 4.79 Å². The Morgan fingerprint density at radius 2 is 1.70 bits per heavy atom. The van der Waals surface area contributed by atoms with E-state index in [9.17, 15) is 19.8 Å². The summed E-state index contributed by atoms with van der Waals surface area (Å²) in [5, 5.41) is 20.8. The van der Waals surface area contributed by atoms with Gasteiger partial charge in [-0.05, 0) is 17.7 Å². The van der Waals surface area contributed by atoms with Gasteiger partial charge in [0.15, 0.2) is 16.9 Å². The van der Waals surface area contributed by atoms with Crippen molar-refractivity contribution in [3.8, 4) is 28.6 Å². The van der Waals surface area contributed by atoms with E-state index in [-0.39, 0.29) is 23.1 Å². The standard InChI is InChI=1S/C23H15NO6/c25-15-11-16(13-4-2-1-3-5-13)29-22-18-14(12-6-8-24-9-7-12)10-17(26)30-23(18)21(28)20(27)19(15)22/h1-9,11,14,27-28H,10H2. The van der Waals surface area contributed by atoms with Crippen molar-refractivity contribution >= 4 is 16.9 Å². The number of carbonyl (C=O) groups is 1. The van der Waals surface area contributed by atoms with Crippen molar-refractivity contribution in [2.24, 2.45) is 0 Å². The number of aromatic nitrogens is 1. The van der Waals surface area contributed by atoms with Crippen LogP contribution < -0.4 is 10.2 Å². The van der Waals surface area contributed by atoms with Gasteiger partial charge in [-0.2, -0.15) is 0 Å². The van der Waals surface area contributed by atoms with Crippen LogP contribution in [0.15, 0.2) is 70.1 Å². The summed E-state index contributed by atoms with van der Waals surface area (Å²) >= 11 is 0. The number of phenols is 2. The Balaban J connectivity index is 1.89. The van der Waals surface area contributed by atoms with Gasteiger partial charge in [0.2, 0.25) is 5.75 Å². The molecule has 4 aromatic rings. The SMILES string of the molecule is O=C1CC(c2ccncc2)c2c(c(O)c(O)c3c(=O)cc(-c4ccccc4)oc23)O1. The van der Waals surface area contributed by atoms with Crippen LogP contribution in [0.4, 0.5) is 0 Å². The zero-order valence-corrected chi connectivity index (χ0v) is 15.5. The second-order valence-corrected chi connectivity index (χ2v) is 7.00. The van der Waals surface area contributed by atoms with Gasteiger partial charge in [0.1, 0.15) is 16.7 Å². The highest BCUT2D eigenvalue weighted by atomic mass is 16.5. The maximum absolute atomic E-state index is 12.9. The molecular weight excluding hydrogens is 386 g/mol. The smallest absolute Gasteiger partial charge is 0.312 e. The van der Waals surface area contributed by atoms with Crippen molar-refractivity contribution < 1.29 is 24.2 Å². The molecule has 2 N–H and O–H groups in total. The molecule has 3 heterocycles. The predicted octanol–water partition coefficient (Wildman–Crippen LogP) is 3.71. The first-order chi connectivity index (χ1) is 14.5. The van der Waals surface area contributed by atoms with Crippen molar-refractivity contribution in [2.45, 2.75) is 12.3 Å². The number of pyridine rings is 1. The van der Waals surface area contributed by atoms with Crippen LogP contribution in [0.25, 0.3) is 22.3 Å². The molecule has 1 atom stereocenters. The Morgan fingerprint density at radius 1 is 0.967 bits per heavy atom. The molecule has 2 aromatic carbocycles. The minimum atomic E-state index is -0.680. The molecule has 0 bridgehead atoms. The molecule has 0 saturated carbocycles. The molecule has 0 fully saturated rings. The van der Waals surface area contributed by atoms with Crippen LogP contribution in [-0.4, -0.2) is 21.2 Å². The van der Waals surface area contributed by atoms with Crippen LogP contribution in [0.1, 0.15) is 23.5 Å². The first kappa shape index (κ1) is 17.9. The van der Waals surface area contributed by atoms with Crippen molar-refractivity contribution in [1.29, 1.82) is 0 Å². The molecule has 1 aliphatic heterocycles. The number of hydrogen-bond acceptors (Lipinski definition) is 7. The van der Waals surface area contributed by atoms with Gasteiger partial charge in [-0.25, -0.2) is 0 Å². The first-order valence-corrected chi connectivity index (χ1v) is 9.26. The average Bonchev–Trinajstić information content (AvgIpc) is 2.77. The lowest BCUT2D eigenvalue weighted by Crippen LogP contribution is -2.22. The average molecular weight is 401 g/mol. The summed E-state index contributed by atoms with van der Waals surface area (Å²) in [5.41, 5.74) is 1.30. The number of nitrogens with zero attached hydrogens (tertiary/aromatic N) is 1. The number of phenolic OH excluding ortho intramolecular Hbond substituents is 2. The fourth-order valence-corrected chi connectivity index (χ4v) is 3.83. The van der Waals surface area contributed by atoms with Crippen molar-refractivity contribution in [3.05, 3.63) is 82.3 Å². The Morgan fingerprint density at radius 3 is 2.43 bits per heavy atom. The zero-order chi connectivity index (χ0) is 20.8. The third-order valence-corrected chi connectivity index (χ3v) is 5.22.